The fraction of sp³-hybridized carbons (Fsp3) is 0.160. The van der Waals surface area contributed by atoms with Gasteiger partial charge in [0.25, 0.3) is 0 Å². The molecule has 0 saturated carbocycles. The average molecular weight is 1490 g/mol. The first-order chi connectivity index (χ1) is 56.6. The Bertz CT molecular complexity index is 6010. The van der Waals surface area contributed by atoms with Gasteiger partial charge in [0, 0.05) is 95.5 Å². The highest BCUT2D eigenvalue weighted by molar-refractivity contribution is 5.91. The van der Waals surface area contributed by atoms with Crippen molar-refractivity contribution in [2.75, 3.05) is 93.2 Å². The number of hydrogen-bond donors (Lipinski definition) is 0. The predicted octanol–water partition coefficient (Wildman–Crippen LogP) is 16.4. The Morgan fingerprint density at radius 3 is 1.04 bits per heavy atom. The quantitative estimate of drug-likeness (QED) is 0.0946. The molecular formula is C94H82N20. The topological polar surface area (TPSA) is 176 Å². The van der Waals surface area contributed by atoms with Gasteiger partial charge in [0.1, 0.15) is 36.4 Å². The van der Waals surface area contributed by atoms with Crippen LogP contribution in [-0.2, 0) is 0 Å². The van der Waals surface area contributed by atoms with Crippen molar-refractivity contribution in [2.45, 2.75) is 18.1 Å². The highest BCUT2D eigenvalue weighted by Gasteiger charge is 2.33. The van der Waals surface area contributed by atoms with Crippen molar-refractivity contribution < 1.29 is 0 Å². The molecule has 0 spiro atoms. The summed E-state index contributed by atoms with van der Waals surface area (Å²) in [4.78, 5) is 52.3. The third kappa shape index (κ3) is 14.2. The zero-order valence-electron chi connectivity index (χ0n) is 62.9. The van der Waals surface area contributed by atoms with E-state index in [4.69, 9.17) is 15.0 Å². The van der Waals surface area contributed by atoms with Crippen molar-refractivity contribution >= 4 is 83.1 Å². The number of hydrogen-bond acceptors (Lipinski definition) is 17. The zero-order valence-corrected chi connectivity index (χ0v) is 62.9. The van der Waals surface area contributed by atoms with Crippen LogP contribution in [0.15, 0.2) is 335 Å². The largest absolute Gasteiger partial charge is 0.353 e. The molecule has 11 heterocycles. The lowest BCUT2D eigenvalue weighted by molar-refractivity contribution is 0.209. The minimum absolute atomic E-state index is 0.0919. The number of piperazine rings is 3. The molecule has 0 radical (unpaired) electrons. The molecule has 18 aromatic rings. The van der Waals surface area contributed by atoms with Crippen LogP contribution in [0.3, 0.4) is 0 Å². The third-order valence-electron chi connectivity index (χ3n) is 22.3. The average Bonchev–Trinajstić information content (AvgIpc) is 1.54. The first kappa shape index (κ1) is 70.6. The molecule has 20 nitrogen and oxygen atoms in total. The summed E-state index contributed by atoms with van der Waals surface area (Å²) in [6.07, 6.45) is 12.6. The van der Waals surface area contributed by atoms with Crippen molar-refractivity contribution in [1.29, 1.82) is 0 Å². The highest BCUT2D eigenvalue weighted by Crippen LogP contribution is 2.39. The molecule has 0 aliphatic carbocycles. The van der Waals surface area contributed by atoms with Crippen LogP contribution in [0.1, 0.15) is 51.6 Å². The number of benzene rings is 10. The molecule has 558 valence electrons. The van der Waals surface area contributed by atoms with E-state index in [2.05, 4.69) is 270 Å². The number of aromatic nitrogens is 14. The summed E-state index contributed by atoms with van der Waals surface area (Å²) < 4.78 is 5.66. The van der Waals surface area contributed by atoms with Gasteiger partial charge in [-0.25, -0.2) is 43.9 Å². The predicted molar refractivity (Wildman–Crippen MR) is 454 cm³/mol. The van der Waals surface area contributed by atoms with Crippen LogP contribution in [0.4, 0.5) is 17.5 Å². The molecule has 3 aliphatic heterocycles. The van der Waals surface area contributed by atoms with E-state index in [1.54, 1.807) is 19.0 Å². The SMILES string of the molecule is c1ccc(C(c2ccc3ccccc3n2)N2CCN(c3ncnc4c3cnn4-c3ccccc3)CC2)cc1.c1ccc(C(c2cccc3ccccc23)N2CCN(c3ncnc4c3cnn4-c3ccccc3)CC2)cc1.c1ccc(C(c2ccnc3ccccc23)N2CCN(c3ncnc4c3cnn4-c3ccccc3)CC2)cc1. The van der Waals surface area contributed by atoms with E-state index in [1.165, 1.54) is 44.0 Å². The molecule has 20 heteroatoms. The monoisotopic (exact) mass is 1490 g/mol. The maximum Gasteiger partial charge on any atom is 0.168 e. The van der Waals surface area contributed by atoms with Gasteiger partial charge in [-0.2, -0.15) is 15.3 Å². The molecule has 3 atom stereocenters. The van der Waals surface area contributed by atoms with Crippen molar-refractivity contribution in [3.05, 3.63) is 368 Å². The van der Waals surface area contributed by atoms with Crippen LogP contribution in [-0.4, -0.2) is 162 Å². The molecule has 8 aromatic heterocycles. The molecule has 114 heavy (non-hydrogen) atoms. The summed E-state index contributed by atoms with van der Waals surface area (Å²) >= 11 is 0. The van der Waals surface area contributed by atoms with Crippen LogP contribution in [0.25, 0.3) is 82.7 Å². The fourth-order valence-corrected chi connectivity index (χ4v) is 16.8. The summed E-state index contributed by atoms with van der Waals surface area (Å²) in [5, 5.41) is 21.8. The molecule has 3 aliphatic rings. The van der Waals surface area contributed by atoms with E-state index in [9.17, 15) is 0 Å². The molecular weight excluding hydrogens is 1410 g/mol. The van der Waals surface area contributed by atoms with Gasteiger partial charge in [-0.05, 0) is 99.3 Å². The Hall–Kier alpha value is -13.8. The van der Waals surface area contributed by atoms with E-state index in [1.807, 2.05) is 130 Å². The second kappa shape index (κ2) is 32.3. The molecule has 3 unspecified atom stereocenters. The summed E-state index contributed by atoms with van der Waals surface area (Å²) in [6, 6.07) is 102. The van der Waals surface area contributed by atoms with Gasteiger partial charge >= 0.3 is 0 Å². The minimum atomic E-state index is 0.0919. The van der Waals surface area contributed by atoms with Crippen molar-refractivity contribution in [3.63, 3.8) is 0 Å². The highest BCUT2D eigenvalue weighted by atomic mass is 15.4. The van der Waals surface area contributed by atoms with Crippen LogP contribution in [0.2, 0.25) is 0 Å². The third-order valence-corrected chi connectivity index (χ3v) is 22.3. The van der Waals surface area contributed by atoms with Crippen LogP contribution < -0.4 is 14.7 Å². The maximum absolute atomic E-state index is 5.09. The summed E-state index contributed by atoms with van der Waals surface area (Å²) in [5.74, 6) is 2.85. The lowest BCUT2D eigenvalue weighted by Gasteiger charge is -2.40. The molecule has 0 bridgehead atoms. The van der Waals surface area contributed by atoms with Gasteiger partial charge in [-0.1, -0.05) is 231 Å². The minimum Gasteiger partial charge on any atom is -0.353 e. The van der Waals surface area contributed by atoms with E-state index in [-0.39, 0.29) is 18.1 Å². The molecule has 3 fully saturated rings. The Kier molecular flexibility index (Phi) is 20.0. The molecule has 10 aromatic carbocycles. The van der Waals surface area contributed by atoms with Crippen molar-refractivity contribution in [1.82, 2.24) is 83.9 Å². The lowest BCUT2D eigenvalue weighted by Crippen LogP contribution is -2.48. The van der Waals surface area contributed by atoms with Gasteiger partial charge in [0.05, 0.1) is 86.7 Å². The summed E-state index contributed by atoms with van der Waals surface area (Å²) in [5.41, 5.74) is 15.1. The van der Waals surface area contributed by atoms with Gasteiger partial charge in [0.15, 0.2) is 16.9 Å². The zero-order chi connectivity index (χ0) is 75.9. The fourth-order valence-electron chi connectivity index (χ4n) is 16.8. The molecule has 21 rings (SSSR count). The summed E-state index contributed by atoms with van der Waals surface area (Å²) in [6.45, 7) is 10.7. The number of pyridine rings is 2. The number of rotatable bonds is 15. The normalized spacial score (nSPS) is 15.2. The Morgan fingerprint density at radius 1 is 0.246 bits per heavy atom. The first-order valence-corrected chi connectivity index (χ1v) is 39.1. The Balaban J connectivity index is 0.000000115. The molecule has 3 saturated heterocycles. The first-order valence-electron chi connectivity index (χ1n) is 39.1. The van der Waals surface area contributed by atoms with Crippen molar-refractivity contribution in [2.24, 2.45) is 0 Å². The van der Waals surface area contributed by atoms with E-state index >= 15 is 0 Å². The van der Waals surface area contributed by atoms with Crippen LogP contribution in [0, 0.1) is 0 Å². The van der Waals surface area contributed by atoms with Gasteiger partial charge in [0.2, 0.25) is 0 Å². The van der Waals surface area contributed by atoms with Gasteiger partial charge < -0.3 is 14.7 Å². The van der Waals surface area contributed by atoms with Crippen LogP contribution in [0.5, 0.6) is 0 Å². The van der Waals surface area contributed by atoms with Crippen molar-refractivity contribution in [3.8, 4) is 17.1 Å². The number of anilines is 3. The number of fused-ring (bicyclic) bond motifs is 6. The maximum atomic E-state index is 5.09. The smallest absolute Gasteiger partial charge is 0.168 e. The number of para-hydroxylation sites is 5. The lowest BCUT2D eigenvalue weighted by atomic mass is 9.92. The van der Waals surface area contributed by atoms with Gasteiger partial charge in [-0.15, -0.1) is 0 Å². The molecule has 0 amide bonds. The van der Waals surface area contributed by atoms with Gasteiger partial charge in [-0.3, -0.25) is 24.7 Å². The Morgan fingerprint density at radius 2 is 0.596 bits per heavy atom. The second-order valence-electron chi connectivity index (χ2n) is 28.9. The van der Waals surface area contributed by atoms with E-state index in [0.717, 1.165) is 168 Å². The van der Waals surface area contributed by atoms with E-state index < -0.39 is 0 Å². The number of nitrogens with zero attached hydrogens (tertiary/aromatic N) is 20. The second-order valence-corrected chi connectivity index (χ2v) is 28.9. The summed E-state index contributed by atoms with van der Waals surface area (Å²) in [7, 11) is 0. The van der Waals surface area contributed by atoms with Crippen LogP contribution >= 0.6 is 0 Å². The standard InChI is InChI=1S/C32H28N6.2C31H27N7/c1-3-11-25(12-4-1)30(28-17-9-13-24-10-7-8-16-27(24)28)36-18-20-37(21-19-36)31-29-22-35-38(32(29)34-23-33-31)26-14-5-2-6-15-26;1-3-10-24(11-4-1)29(28-16-15-23-9-7-8-14-27(23)35-28)36-17-19-37(20-18-36)30-26-21-34-38(31(26)33-22-32-30)25-12-5-2-6-13-25;1-3-9-23(10-4-1)29(26-15-16-32-28-14-8-7-13-25(26)28)36-17-19-37(20-18-36)30-27-21-35-38(31(27)34-22-33-30)24-11-5-2-6-12-24/h1-17,22-23,30H,18-21H2;2*1-16,21-22,29H,17-20H2. The molecule has 0 N–H and O–H groups in total. The Labute approximate surface area is 660 Å². The van der Waals surface area contributed by atoms with E-state index in [0.29, 0.717) is 0 Å².